The van der Waals surface area contributed by atoms with Crippen LogP contribution >= 0.6 is 0 Å². The Bertz CT molecular complexity index is 1270. The second kappa shape index (κ2) is 10.1. The summed E-state index contributed by atoms with van der Waals surface area (Å²) in [4.78, 5) is 9.95. The first-order valence-corrected chi connectivity index (χ1v) is 13.6. The molecule has 190 valence electrons. The maximum Gasteiger partial charge on any atom is 0.242 e. The highest BCUT2D eigenvalue weighted by Gasteiger charge is 2.24. The van der Waals surface area contributed by atoms with Gasteiger partial charge in [-0.2, -0.15) is 9.61 Å². The SMILES string of the molecule is CC(C)c1cnn2c(Nc3ccc(S(=O)(=O)N(C)C)cc3)cc(N3CCCC(CN(C)C)C3)nc12. The Morgan fingerprint density at radius 3 is 2.49 bits per heavy atom. The van der Waals surface area contributed by atoms with Gasteiger partial charge in [-0.05, 0) is 63.0 Å². The first kappa shape index (κ1) is 25.4. The normalized spacial score (nSPS) is 17.2. The van der Waals surface area contributed by atoms with Crippen molar-refractivity contribution in [2.45, 2.75) is 37.5 Å². The number of hydrogen-bond acceptors (Lipinski definition) is 7. The monoisotopic (exact) mass is 499 g/mol. The topological polar surface area (TPSA) is 86.1 Å². The molecule has 3 aromatic rings. The third-order valence-electron chi connectivity index (χ3n) is 6.48. The van der Waals surface area contributed by atoms with Crippen LogP contribution in [0.5, 0.6) is 0 Å². The first-order chi connectivity index (χ1) is 16.6. The van der Waals surface area contributed by atoms with Gasteiger partial charge in [-0.3, -0.25) is 0 Å². The summed E-state index contributed by atoms with van der Waals surface area (Å²) in [5, 5.41) is 8.07. The quantitative estimate of drug-likeness (QED) is 0.507. The lowest BCUT2D eigenvalue weighted by Gasteiger charge is -2.35. The van der Waals surface area contributed by atoms with Crippen LogP contribution in [0.4, 0.5) is 17.3 Å². The minimum absolute atomic E-state index is 0.259. The molecule has 4 rings (SSSR count). The molecule has 3 heterocycles. The van der Waals surface area contributed by atoms with Gasteiger partial charge in [-0.15, -0.1) is 0 Å². The molecule has 1 fully saturated rings. The molecule has 9 nitrogen and oxygen atoms in total. The maximum atomic E-state index is 12.4. The van der Waals surface area contributed by atoms with E-state index in [1.807, 2.05) is 16.8 Å². The van der Waals surface area contributed by atoms with Crippen LogP contribution in [0.1, 0.15) is 38.2 Å². The van der Waals surface area contributed by atoms with E-state index in [2.05, 4.69) is 48.2 Å². The zero-order valence-corrected chi connectivity index (χ0v) is 22.4. The van der Waals surface area contributed by atoms with Crippen LogP contribution in [0.15, 0.2) is 41.4 Å². The molecule has 1 unspecified atom stereocenters. The second-order valence-electron chi connectivity index (χ2n) is 10.1. The molecule has 2 aromatic heterocycles. The number of sulfonamides is 1. The largest absolute Gasteiger partial charge is 0.356 e. The van der Waals surface area contributed by atoms with Crippen molar-refractivity contribution in [2.75, 3.05) is 58.0 Å². The van der Waals surface area contributed by atoms with E-state index in [0.717, 1.165) is 54.6 Å². The minimum Gasteiger partial charge on any atom is -0.356 e. The summed E-state index contributed by atoms with van der Waals surface area (Å²) >= 11 is 0. The number of aromatic nitrogens is 3. The fourth-order valence-electron chi connectivity index (χ4n) is 4.63. The van der Waals surface area contributed by atoms with Gasteiger partial charge in [0.05, 0.1) is 11.1 Å². The Morgan fingerprint density at radius 2 is 1.86 bits per heavy atom. The molecule has 0 bridgehead atoms. The molecule has 0 amide bonds. The molecule has 0 spiro atoms. The Balaban J connectivity index is 1.69. The molecule has 0 aliphatic carbocycles. The number of benzene rings is 1. The van der Waals surface area contributed by atoms with Crippen LogP contribution in [-0.2, 0) is 10.0 Å². The van der Waals surface area contributed by atoms with Gasteiger partial charge in [0.15, 0.2) is 5.65 Å². The Hall–Kier alpha value is -2.69. The van der Waals surface area contributed by atoms with Crippen molar-refractivity contribution in [3.8, 4) is 0 Å². The molecule has 1 N–H and O–H groups in total. The molecule has 10 heteroatoms. The molecule has 1 aliphatic heterocycles. The first-order valence-electron chi connectivity index (χ1n) is 12.1. The van der Waals surface area contributed by atoms with Gasteiger partial charge in [-0.25, -0.2) is 17.7 Å². The van der Waals surface area contributed by atoms with Crippen LogP contribution in [0.25, 0.3) is 5.65 Å². The predicted octanol–water partition coefficient (Wildman–Crippen LogP) is 3.62. The zero-order chi connectivity index (χ0) is 25.3. The molecule has 1 aromatic carbocycles. The average Bonchev–Trinajstić information content (AvgIpc) is 3.24. The van der Waals surface area contributed by atoms with Crippen LogP contribution in [0.2, 0.25) is 0 Å². The van der Waals surface area contributed by atoms with E-state index in [1.54, 1.807) is 24.3 Å². The number of nitrogens with one attached hydrogen (secondary N) is 1. The molecule has 1 aliphatic rings. The summed E-state index contributed by atoms with van der Waals surface area (Å²) in [7, 11) is 3.84. The van der Waals surface area contributed by atoms with Gasteiger partial charge in [0.25, 0.3) is 0 Å². The Morgan fingerprint density at radius 1 is 1.14 bits per heavy atom. The summed E-state index contributed by atoms with van der Waals surface area (Å²) < 4.78 is 27.9. The van der Waals surface area contributed by atoms with Gasteiger partial charge in [-0.1, -0.05) is 13.8 Å². The van der Waals surface area contributed by atoms with Crippen molar-refractivity contribution >= 4 is 33.0 Å². The summed E-state index contributed by atoms with van der Waals surface area (Å²) in [6.45, 7) is 7.32. The molecular formula is C25H37N7O2S. The van der Waals surface area contributed by atoms with Gasteiger partial charge in [0.2, 0.25) is 10.0 Å². The van der Waals surface area contributed by atoms with Gasteiger partial charge in [0, 0.05) is 51.0 Å². The Kier molecular flexibility index (Phi) is 7.35. The highest BCUT2D eigenvalue weighted by Crippen LogP contribution is 2.30. The van der Waals surface area contributed by atoms with Crippen molar-refractivity contribution in [3.63, 3.8) is 0 Å². The maximum absolute atomic E-state index is 12.4. The minimum atomic E-state index is -3.47. The number of nitrogens with zero attached hydrogens (tertiary/aromatic N) is 6. The summed E-state index contributed by atoms with van der Waals surface area (Å²) in [6, 6.07) is 8.85. The molecule has 0 saturated carbocycles. The van der Waals surface area contributed by atoms with Crippen LogP contribution in [-0.4, -0.2) is 80.0 Å². The average molecular weight is 500 g/mol. The number of anilines is 3. The summed E-state index contributed by atoms with van der Waals surface area (Å²) in [6.07, 6.45) is 4.26. The number of rotatable bonds is 8. The predicted molar refractivity (Wildman–Crippen MR) is 141 cm³/mol. The lowest BCUT2D eigenvalue weighted by atomic mass is 9.97. The van der Waals surface area contributed by atoms with Crippen molar-refractivity contribution in [1.29, 1.82) is 0 Å². The number of hydrogen-bond donors (Lipinski definition) is 1. The third-order valence-corrected chi connectivity index (χ3v) is 8.31. The molecular weight excluding hydrogens is 462 g/mol. The molecule has 1 atom stereocenters. The fraction of sp³-hybridized carbons (Fsp3) is 0.520. The second-order valence-corrected chi connectivity index (χ2v) is 12.3. The molecule has 1 saturated heterocycles. The number of fused-ring (bicyclic) bond motifs is 1. The third kappa shape index (κ3) is 5.44. The van der Waals surface area contributed by atoms with Crippen LogP contribution in [0.3, 0.4) is 0 Å². The Labute approximate surface area is 208 Å². The number of piperidine rings is 1. The zero-order valence-electron chi connectivity index (χ0n) is 21.6. The van der Waals surface area contributed by atoms with E-state index < -0.39 is 10.0 Å². The van der Waals surface area contributed by atoms with E-state index in [-0.39, 0.29) is 4.90 Å². The van der Waals surface area contributed by atoms with E-state index >= 15 is 0 Å². The lowest BCUT2D eigenvalue weighted by molar-refractivity contribution is 0.291. The fourth-order valence-corrected chi connectivity index (χ4v) is 5.53. The van der Waals surface area contributed by atoms with E-state index in [4.69, 9.17) is 4.98 Å². The van der Waals surface area contributed by atoms with Gasteiger partial charge in [0.1, 0.15) is 11.6 Å². The van der Waals surface area contributed by atoms with E-state index in [0.29, 0.717) is 11.8 Å². The smallest absolute Gasteiger partial charge is 0.242 e. The van der Waals surface area contributed by atoms with Crippen molar-refractivity contribution in [2.24, 2.45) is 5.92 Å². The summed E-state index contributed by atoms with van der Waals surface area (Å²) in [5.41, 5.74) is 2.73. The summed E-state index contributed by atoms with van der Waals surface area (Å²) in [5.74, 6) is 2.64. The van der Waals surface area contributed by atoms with Crippen molar-refractivity contribution < 1.29 is 8.42 Å². The van der Waals surface area contributed by atoms with Crippen LogP contribution in [0, 0.1) is 5.92 Å². The molecule has 35 heavy (non-hydrogen) atoms. The van der Waals surface area contributed by atoms with Gasteiger partial charge < -0.3 is 15.1 Å². The van der Waals surface area contributed by atoms with E-state index in [1.165, 1.54) is 24.8 Å². The van der Waals surface area contributed by atoms with Crippen molar-refractivity contribution in [1.82, 2.24) is 23.8 Å². The van der Waals surface area contributed by atoms with Crippen molar-refractivity contribution in [3.05, 3.63) is 42.1 Å². The standard InChI is InChI=1S/C25H37N7O2S/c1-18(2)22-15-26-32-24(27-20-9-11-21(12-10-20)35(33,34)30(5)6)14-23(28-25(22)32)31-13-7-8-19(17-31)16-29(3)4/h9-12,14-15,18-19,27H,7-8,13,16-17H2,1-6H3. The molecule has 0 radical (unpaired) electrons. The van der Waals surface area contributed by atoms with Gasteiger partial charge >= 0.3 is 0 Å². The lowest BCUT2D eigenvalue weighted by Crippen LogP contribution is -2.40. The highest BCUT2D eigenvalue weighted by molar-refractivity contribution is 7.89. The highest BCUT2D eigenvalue weighted by atomic mass is 32.2. The van der Waals surface area contributed by atoms with E-state index in [9.17, 15) is 8.42 Å². The van der Waals surface area contributed by atoms with Crippen LogP contribution < -0.4 is 10.2 Å².